The maximum absolute atomic E-state index is 11.4. The summed E-state index contributed by atoms with van der Waals surface area (Å²) < 4.78 is 16.6. The highest BCUT2D eigenvalue weighted by Gasteiger charge is 2.26. The van der Waals surface area contributed by atoms with Crippen LogP contribution in [0.2, 0.25) is 0 Å². The van der Waals surface area contributed by atoms with Crippen LogP contribution in [0.4, 0.5) is 5.69 Å². The van der Waals surface area contributed by atoms with E-state index in [1.807, 2.05) is 68.1 Å². The van der Waals surface area contributed by atoms with Crippen LogP contribution in [0.5, 0.6) is 11.5 Å². The van der Waals surface area contributed by atoms with Crippen molar-refractivity contribution in [2.45, 2.75) is 32.9 Å². The van der Waals surface area contributed by atoms with E-state index >= 15 is 0 Å². The topological polar surface area (TPSA) is 48.0 Å². The van der Waals surface area contributed by atoms with Crippen LogP contribution in [0.25, 0.3) is 12.2 Å². The van der Waals surface area contributed by atoms with Crippen molar-refractivity contribution in [3.05, 3.63) is 65.2 Å². The molecule has 0 aromatic heterocycles. The van der Waals surface area contributed by atoms with Gasteiger partial charge < -0.3 is 19.1 Å². The average molecular weight is 438 g/mol. The summed E-state index contributed by atoms with van der Waals surface area (Å²) >= 11 is 5.55. The highest BCUT2D eigenvalue weighted by molar-refractivity contribution is 7.80. The van der Waals surface area contributed by atoms with Crippen LogP contribution >= 0.6 is 12.2 Å². The summed E-state index contributed by atoms with van der Waals surface area (Å²) in [5.74, 6) is 1.05. The minimum atomic E-state index is -0.404. The average Bonchev–Trinajstić information content (AvgIpc) is 2.74. The molecule has 0 amide bonds. The first-order valence-electron chi connectivity index (χ1n) is 9.96. The van der Waals surface area contributed by atoms with Crippen molar-refractivity contribution in [2.75, 3.05) is 19.1 Å². The molecule has 6 heteroatoms. The lowest BCUT2D eigenvalue weighted by Gasteiger charge is -2.31. The maximum Gasteiger partial charge on any atom is 0.330 e. The number of nitrogens with zero attached hydrogens (tertiary/aromatic N) is 1. The number of carbonyl (C=O) groups is 1. The summed E-state index contributed by atoms with van der Waals surface area (Å²) in [6, 6.07) is 11.9. The molecule has 0 N–H and O–H groups in total. The molecular weight excluding hydrogens is 410 g/mol. The first kappa shape index (κ1) is 22.6. The molecule has 1 aliphatic rings. The standard InChI is InChI=1S/C25H27NO4S/c1-17(31)26(21-8-6-7-18(15-21)9-12-22(27)28-4)16-20-11-10-19-13-14-25(2,3)30-24(19)23(20)29-5/h6-15H,16H2,1-5H3/b12-9+. The predicted octanol–water partition coefficient (Wildman–Crippen LogP) is 5.42. The van der Waals surface area contributed by atoms with E-state index < -0.39 is 11.6 Å². The van der Waals surface area contributed by atoms with Crippen LogP contribution in [0.15, 0.2) is 48.6 Å². The molecule has 0 fully saturated rings. The number of benzene rings is 2. The molecule has 162 valence electrons. The third-order valence-electron chi connectivity index (χ3n) is 4.96. The third-order valence-corrected chi connectivity index (χ3v) is 5.18. The van der Waals surface area contributed by atoms with Gasteiger partial charge in [-0.3, -0.25) is 0 Å². The zero-order chi connectivity index (χ0) is 22.6. The van der Waals surface area contributed by atoms with E-state index in [9.17, 15) is 4.79 Å². The smallest absolute Gasteiger partial charge is 0.330 e. The van der Waals surface area contributed by atoms with E-state index in [4.69, 9.17) is 21.7 Å². The van der Waals surface area contributed by atoms with Gasteiger partial charge in [-0.2, -0.15) is 0 Å². The number of esters is 1. The Bertz CT molecular complexity index is 1060. The number of hydrogen-bond donors (Lipinski definition) is 0. The molecule has 5 nitrogen and oxygen atoms in total. The number of carbonyl (C=O) groups excluding carboxylic acids is 1. The molecule has 1 heterocycles. The van der Waals surface area contributed by atoms with Crippen LogP contribution in [-0.4, -0.2) is 30.8 Å². The largest absolute Gasteiger partial charge is 0.492 e. The number of methoxy groups -OCH3 is 2. The summed E-state index contributed by atoms with van der Waals surface area (Å²) in [5.41, 5.74) is 3.34. The van der Waals surface area contributed by atoms with Crippen molar-refractivity contribution in [3.8, 4) is 11.5 Å². The van der Waals surface area contributed by atoms with Crippen LogP contribution in [0.1, 0.15) is 37.5 Å². The number of fused-ring (bicyclic) bond motifs is 1. The lowest BCUT2D eigenvalue weighted by atomic mass is 10.00. The molecule has 0 spiro atoms. The molecule has 0 saturated heterocycles. The molecule has 0 saturated carbocycles. The summed E-state index contributed by atoms with van der Waals surface area (Å²) in [5, 5.41) is 0. The molecule has 0 aliphatic carbocycles. The van der Waals surface area contributed by atoms with Gasteiger partial charge in [0.15, 0.2) is 11.5 Å². The fourth-order valence-electron chi connectivity index (χ4n) is 3.37. The van der Waals surface area contributed by atoms with Crippen molar-refractivity contribution in [3.63, 3.8) is 0 Å². The number of thiocarbonyl (C=S) groups is 1. The van der Waals surface area contributed by atoms with Crippen molar-refractivity contribution in [1.82, 2.24) is 0 Å². The van der Waals surface area contributed by atoms with Crippen LogP contribution < -0.4 is 14.4 Å². The summed E-state index contributed by atoms with van der Waals surface area (Å²) in [7, 11) is 3.01. The molecule has 0 bridgehead atoms. The van der Waals surface area contributed by atoms with Gasteiger partial charge in [0.2, 0.25) is 0 Å². The Morgan fingerprint density at radius 1 is 1.23 bits per heavy atom. The van der Waals surface area contributed by atoms with Gasteiger partial charge in [0.05, 0.1) is 25.8 Å². The highest BCUT2D eigenvalue weighted by Crippen LogP contribution is 2.41. The quantitative estimate of drug-likeness (QED) is 0.342. The summed E-state index contributed by atoms with van der Waals surface area (Å²) in [4.78, 5) is 14.2. The Balaban J connectivity index is 1.95. The fourth-order valence-corrected chi connectivity index (χ4v) is 3.54. The van der Waals surface area contributed by atoms with Crippen molar-refractivity contribution >= 4 is 41.0 Å². The monoisotopic (exact) mass is 437 g/mol. The lowest BCUT2D eigenvalue weighted by molar-refractivity contribution is -0.134. The Morgan fingerprint density at radius 3 is 2.68 bits per heavy atom. The zero-order valence-electron chi connectivity index (χ0n) is 18.5. The summed E-state index contributed by atoms with van der Waals surface area (Å²) in [6.07, 6.45) is 7.21. The number of hydrogen-bond acceptors (Lipinski definition) is 5. The van der Waals surface area contributed by atoms with Gasteiger partial charge >= 0.3 is 5.97 Å². The number of rotatable bonds is 6. The maximum atomic E-state index is 11.4. The van der Waals surface area contributed by atoms with E-state index in [0.29, 0.717) is 12.3 Å². The normalized spacial score (nSPS) is 14.0. The van der Waals surface area contributed by atoms with Gasteiger partial charge in [0.1, 0.15) is 5.60 Å². The van der Waals surface area contributed by atoms with Gasteiger partial charge in [0.25, 0.3) is 0 Å². The SMILES string of the molecule is COC(=O)/C=C/c1cccc(N(Cc2ccc3c(c2OC)OC(C)(C)C=C3)C(C)=S)c1. The molecule has 2 aromatic rings. The molecule has 0 atom stereocenters. The molecule has 31 heavy (non-hydrogen) atoms. The molecule has 0 unspecified atom stereocenters. The van der Waals surface area contributed by atoms with E-state index in [1.54, 1.807) is 13.2 Å². The predicted molar refractivity (Wildman–Crippen MR) is 129 cm³/mol. The molecule has 3 rings (SSSR count). The van der Waals surface area contributed by atoms with Crippen molar-refractivity contribution in [2.24, 2.45) is 0 Å². The van der Waals surface area contributed by atoms with Crippen molar-refractivity contribution < 1.29 is 19.0 Å². The van der Waals surface area contributed by atoms with E-state index in [-0.39, 0.29) is 0 Å². The van der Waals surface area contributed by atoms with E-state index in [1.165, 1.54) is 13.2 Å². The molecule has 2 aromatic carbocycles. The Labute approximate surface area is 188 Å². The number of ether oxygens (including phenoxy) is 3. The van der Waals surface area contributed by atoms with Crippen LogP contribution in [0.3, 0.4) is 0 Å². The second kappa shape index (κ2) is 9.35. The summed E-state index contributed by atoms with van der Waals surface area (Å²) in [6.45, 7) is 6.43. The van der Waals surface area contributed by atoms with Gasteiger partial charge in [-0.25, -0.2) is 4.79 Å². The van der Waals surface area contributed by atoms with Gasteiger partial charge in [-0.1, -0.05) is 42.6 Å². The second-order valence-corrected chi connectivity index (χ2v) is 8.36. The lowest BCUT2D eigenvalue weighted by Crippen LogP contribution is -2.29. The zero-order valence-corrected chi connectivity index (χ0v) is 19.3. The Hall–Kier alpha value is -3.12. The first-order chi connectivity index (χ1) is 14.7. The second-order valence-electron chi connectivity index (χ2n) is 7.77. The number of anilines is 1. The van der Waals surface area contributed by atoms with Crippen LogP contribution in [0, 0.1) is 0 Å². The van der Waals surface area contributed by atoms with Crippen LogP contribution in [-0.2, 0) is 16.1 Å². The first-order valence-corrected chi connectivity index (χ1v) is 10.4. The third kappa shape index (κ3) is 5.33. The minimum absolute atomic E-state index is 0.399. The highest BCUT2D eigenvalue weighted by atomic mass is 32.1. The minimum Gasteiger partial charge on any atom is -0.492 e. The van der Waals surface area contributed by atoms with Crippen molar-refractivity contribution in [1.29, 1.82) is 0 Å². The van der Waals surface area contributed by atoms with Gasteiger partial charge in [0, 0.05) is 22.9 Å². The fraction of sp³-hybridized carbons (Fsp3) is 0.280. The van der Waals surface area contributed by atoms with Gasteiger partial charge in [-0.05, 0) is 50.6 Å². The van der Waals surface area contributed by atoms with E-state index in [2.05, 4.69) is 10.8 Å². The molecule has 0 radical (unpaired) electrons. The van der Waals surface area contributed by atoms with Gasteiger partial charge in [-0.15, -0.1) is 0 Å². The van der Waals surface area contributed by atoms with E-state index in [0.717, 1.165) is 33.1 Å². The molecular formula is C25H27NO4S. The Kier molecular flexibility index (Phi) is 6.81. The molecule has 1 aliphatic heterocycles. The Morgan fingerprint density at radius 2 is 2.00 bits per heavy atom.